The van der Waals surface area contributed by atoms with Crippen molar-refractivity contribution in [3.05, 3.63) is 48.0 Å². The fourth-order valence-electron chi connectivity index (χ4n) is 2.01. The van der Waals surface area contributed by atoms with Crippen molar-refractivity contribution in [3.63, 3.8) is 0 Å². The smallest absolute Gasteiger partial charge is 0.239 e. The van der Waals surface area contributed by atoms with E-state index >= 15 is 0 Å². The number of aryl methyl sites for hydroxylation is 1. The molecule has 112 valence electrons. The molecule has 0 unspecified atom stereocenters. The summed E-state index contributed by atoms with van der Waals surface area (Å²) in [6.45, 7) is 1.48. The molecule has 0 heterocycles. The monoisotopic (exact) mass is 326 g/mol. The minimum Gasteiger partial charge on any atom is -0.399 e. The number of benzene rings is 2. The molecule has 21 heavy (non-hydrogen) atoms. The zero-order valence-corrected chi connectivity index (χ0v) is 12.8. The van der Waals surface area contributed by atoms with Crippen molar-refractivity contribution in [2.24, 2.45) is 5.14 Å². The number of anilines is 1. The van der Waals surface area contributed by atoms with Crippen LogP contribution >= 0.6 is 0 Å². The van der Waals surface area contributed by atoms with E-state index in [1.165, 1.54) is 49.4 Å². The van der Waals surface area contributed by atoms with Crippen molar-refractivity contribution >= 4 is 25.5 Å². The standard InChI is InChI=1S/C13H14N2O4S2/c1-9-4-2-7-12(13(9)21(15,18)19)20(16,17)11-6-3-5-10(14)8-11/h2-8H,14H2,1H3,(H2,15,18,19). The first-order valence-corrected chi connectivity index (χ1v) is 8.90. The van der Waals surface area contributed by atoms with E-state index in [0.29, 0.717) is 0 Å². The third-order valence-corrected chi connectivity index (χ3v) is 5.95. The van der Waals surface area contributed by atoms with Gasteiger partial charge in [-0.15, -0.1) is 0 Å². The van der Waals surface area contributed by atoms with Crippen LogP contribution in [-0.4, -0.2) is 16.8 Å². The number of hydrogen-bond donors (Lipinski definition) is 2. The zero-order valence-electron chi connectivity index (χ0n) is 11.1. The van der Waals surface area contributed by atoms with Crippen LogP contribution in [0.5, 0.6) is 0 Å². The van der Waals surface area contributed by atoms with Crippen LogP contribution in [0.15, 0.2) is 57.2 Å². The van der Waals surface area contributed by atoms with Crippen LogP contribution in [0.3, 0.4) is 0 Å². The van der Waals surface area contributed by atoms with Gasteiger partial charge < -0.3 is 5.73 Å². The maximum Gasteiger partial charge on any atom is 0.239 e. The first-order valence-electron chi connectivity index (χ1n) is 5.87. The minimum atomic E-state index is -4.18. The summed E-state index contributed by atoms with van der Waals surface area (Å²) in [7, 11) is -8.21. The van der Waals surface area contributed by atoms with Crippen LogP contribution in [0.25, 0.3) is 0 Å². The molecule has 0 aromatic heterocycles. The number of hydrogen-bond acceptors (Lipinski definition) is 5. The predicted molar refractivity (Wildman–Crippen MR) is 78.9 cm³/mol. The average molecular weight is 326 g/mol. The van der Waals surface area contributed by atoms with Gasteiger partial charge in [0.1, 0.15) is 4.90 Å². The van der Waals surface area contributed by atoms with E-state index < -0.39 is 24.8 Å². The third-order valence-electron chi connectivity index (χ3n) is 2.92. The van der Waals surface area contributed by atoms with Crippen molar-refractivity contribution < 1.29 is 16.8 Å². The second kappa shape index (κ2) is 5.14. The number of nitrogens with two attached hydrogens (primary N) is 2. The van der Waals surface area contributed by atoms with Crippen molar-refractivity contribution in [2.75, 3.05) is 5.73 Å². The summed E-state index contributed by atoms with van der Waals surface area (Å²) < 4.78 is 48.7. The van der Waals surface area contributed by atoms with Gasteiger partial charge in [0.2, 0.25) is 19.9 Å². The van der Waals surface area contributed by atoms with Gasteiger partial charge in [0.05, 0.1) is 9.79 Å². The Morgan fingerprint density at radius 2 is 1.57 bits per heavy atom. The summed E-state index contributed by atoms with van der Waals surface area (Å²) in [5.41, 5.74) is 6.11. The molecule has 0 atom stereocenters. The third kappa shape index (κ3) is 2.92. The number of nitrogen functional groups attached to an aromatic ring is 1. The van der Waals surface area contributed by atoms with Gasteiger partial charge in [0, 0.05) is 5.69 Å². The second-order valence-corrected chi connectivity index (χ2v) is 7.94. The number of sulfone groups is 1. The number of rotatable bonds is 3. The average Bonchev–Trinajstić information content (AvgIpc) is 2.37. The molecule has 2 rings (SSSR count). The van der Waals surface area contributed by atoms with E-state index in [-0.39, 0.29) is 21.0 Å². The highest BCUT2D eigenvalue weighted by atomic mass is 32.2. The van der Waals surface area contributed by atoms with E-state index in [0.717, 1.165) is 0 Å². The fraction of sp³-hybridized carbons (Fsp3) is 0.0769. The highest BCUT2D eigenvalue weighted by molar-refractivity contribution is 7.93. The lowest BCUT2D eigenvalue weighted by Crippen LogP contribution is -2.18. The molecule has 6 nitrogen and oxygen atoms in total. The van der Waals surface area contributed by atoms with Crippen LogP contribution in [0.4, 0.5) is 5.69 Å². The molecule has 0 aliphatic rings. The predicted octanol–water partition coefficient (Wildman–Crippen LogP) is 1.06. The molecule has 0 saturated carbocycles. The lowest BCUT2D eigenvalue weighted by atomic mass is 10.2. The Morgan fingerprint density at radius 3 is 2.14 bits per heavy atom. The first-order chi connectivity index (χ1) is 9.64. The molecule has 0 saturated heterocycles. The number of primary sulfonamides is 1. The molecule has 2 aromatic rings. The molecule has 0 fully saturated rings. The molecule has 2 aromatic carbocycles. The first kappa shape index (κ1) is 15.5. The van der Waals surface area contributed by atoms with Gasteiger partial charge in [-0.1, -0.05) is 18.2 Å². The van der Waals surface area contributed by atoms with E-state index in [1.807, 2.05) is 0 Å². The molecule has 0 spiro atoms. The van der Waals surface area contributed by atoms with Crippen LogP contribution in [0, 0.1) is 6.92 Å². The van der Waals surface area contributed by atoms with E-state index in [2.05, 4.69) is 0 Å². The lowest BCUT2D eigenvalue weighted by molar-refractivity contribution is 0.582. The zero-order chi connectivity index (χ0) is 15.8. The maximum atomic E-state index is 12.6. The summed E-state index contributed by atoms with van der Waals surface area (Å²) in [5.74, 6) is 0. The van der Waals surface area contributed by atoms with Gasteiger partial charge in [0.15, 0.2) is 0 Å². The van der Waals surface area contributed by atoms with Crippen molar-refractivity contribution in [1.29, 1.82) is 0 Å². The minimum absolute atomic E-state index is 0.0852. The lowest BCUT2D eigenvalue weighted by Gasteiger charge is -2.11. The highest BCUT2D eigenvalue weighted by Crippen LogP contribution is 2.29. The second-order valence-electron chi connectivity index (χ2n) is 4.52. The Balaban J connectivity index is 2.82. The maximum absolute atomic E-state index is 12.6. The SMILES string of the molecule is Cc1cccc(S(=O)(=O)c2cccc(N)c2)c1S(N)(=O)=O. The summed E-state index contributed by atoms with van der Waals surface area (Å²) in [5, 5.41) is 5.15. The van der Waals surface area contributed by atoms with Crippen LogP contribution in [0.2, 0.25) is 0 Å². The van der Waals surface area contributed by atoms with Gasteiger partial charge in [-0.3, -0.25) is 0 Å². The Kier molecular flexibility index (Phi) is 3.79. The quantitative estimate of drug-likeness (QED) is 0.817. The molecular formula is C13H14N2O4S2. The molecular weight excluding hydrogens is 312 g/mol. The van der Waals surface area contributed by atoms with E-state index in [4.69, 9.17) is 10.9 Å². The molecule has 0 aliphatic heterocycles. The highest BCUT2D eigenvalue weighted by Gasteiger charge is 2.27. The molecule has 0 aliphatic carbocycles. The molecule has 4 N–H and O–H groups in total. The molecule has 0 bridgehead atoms. The van der Waals surface area contributed by atoms with Crippen molar-refractivity contribution in [1.82, 2.24) is 0 Å². The Bertz CT molecular complexity index is 904. The van der Waals surface area contributed by atoms with Gasteiger partial charge in [-0.2, -0.15) is 0 Å². The van der Waals surface area contributed by atoms with Gasteiger partial charge >= 0.3 is 0 Å². The summed E-state index contributed by atoms with van der Waals surface area (Å²) in [4.78, 5) is -0.832. The normalized spacial score (nSPS) is 12.3. The van der Waals surface area contributed by atoms with Gasteiger partial charge in [0.25, 0.3) is 0 Å². The largest absolute Gasteiger partial charge is 0.399 e. The molecule has 0 radical (unpaired) electrons. The molecule has 8 heteroatoms. The van der Waals surface area contributed by atoms with Gasteiger partial charge in [-0.05, 0) is 36.8 Å². The molecule has 0 amide bonds. The summed E-state index contributed by atoms with van der Waals surface area (Å²) in [6.07, 6.45) is 0. The summed E-state index contributed by atoms with van der Waals surface area (Å²) >= 11 is 0. The van der Waals surface area contributed by atoms with Crippen LogP contribution < -0.4 is 10.9 Å². The fourth-order valence-corrected chi connectivity index (χ4v) is 5.02. The van der Waals surface area contributed by atoms with Crippen molar-refractivity contribution in [3.8, 4) is 0 Å². The van der Waals surface area contributed by atoms with Crippen LogP contribution in [0.1, 0.15) is 5.56 Å². The Morgan fingerprint density at radius 1 is 0.952 bits per heavy atom. The van der Waals surface area contributed by atoms with E-state index in [1.54, 1.807) is 0 Å². The van der Waals surface area contributed by atoms with E-state index in [9.17, 15) is 16.8 Å². The Labute approximate surface area is 123 Å². The number of sulfonamides is 1. The summed E-state index contributed by atoms with van der Waals surface area (Å²) in [6, 6.07) is 9.79. The Hall–Kier alpha value is -1.90. The van der Waals surface area contributed by atoms with Crippen molar-refractivity contribution in [2.45, 2.75) is 21.6 Å². The topological polar surface area (TPSA) is 120 Å². The van der Waals surface area contributed by atoms with Crippen LogP contribution in [-0.2, 0) is 19.9 Å². The van der Waals surface area contributed by atoms with Gasteiger partial charge in [-0.25, -0.2) is 22.0 Å².